The van der Waals surface area contributed by atoms with Crippen molar-refractivity contribution in [1.29, 1.82) is 0 Å². The molecule has 0 aromatic heterocycles. The maximum absolute atomic E-state index is 13.4. The second kappa shape index (κ2) is 4.40. The van der Waals surface area contributed by atoms with Gasteiger partial charge in [0.2, 0.25) is 0 Å². The predicted octanol–water partition coefficient (Wildman–Crippen LogP) is 2.21. The van der Waals surface area contributed by atoms with Crippen molar-refractivity contribution < 1.29 is 13.6 Å². The van der Waals surface area contributed by atoms with Crippen molar-refractivity contribution in [3.63, 3.8) is 0 Å². The Morgan fingerprint density at radius 1 is 1.75 bits per heavy atom. The number of carbonyl (C=O) groups is 1. The zero-order chi connectivity index (χ0) is 9.78. The van der Waals surface area contributed by atoms with Crippen LogP contribution in [0.4, 0.5) is 4.11 Å². The molecule has 0 aliphatic rings. The highest BCUT2D eigenvalue weighted by atomic mass is 28.4. The number of halogens is 1. The standard InChI is InChI=1S/C8H15FO2Si/c1-5-7(10)11-8(6-2)12(3,4)9/h5,8H,1,6H2,2-4H3. The molecule has 0 bridgehead atoms. The topological polar surface area (TPSA) is 26.3 Å². The third-order valence-corrected chi connectivity index (χ3v) is 3.62. The summed E-state index contributed by atoms with van der Waals surface area (Å²) >= 11 is 0. The second-order valence-electron chi connectivity index (χ2n) is 3.10. The molecule has 0 N–H and O–H groups in total. The van der Waals surface area contributed by atoms with Gasteiger partial charge in [-0.1, -0.05) is 13.5 Å². The Balaban J connectivity index is 4.18. The van der Waals surface area contributed by atoms with Gasteiger partial charge in [-0.3, -0.25) is 0 Å². The Labute approximate surface area is 73.6 Å². The van der Waals surface area contributed by atoms with E-state index in [1.54, 1.807) is 6.92 Å². The van der Waals surface area contributed by atoms with Crippen molar-refractivity contribution in [1.82, 2.24) is 0 Å². The molecule has 0 saturated heterocycles. The highest BCUT2D eigenvalue weighted by Gasteiger charge is 2.34. The van der Waals surface area contributed by atoms with Crippen LogP contribution in [-0.4, -0.2) is 20.1 Å². The van der Waals surface area contributed by atoms with Crippen molar-refractivity contribution in [2.24, 2.45) is 0 Å². The molecule has 0 aromatic carbocycles. The SMILES string of the molecule is C=CC(=O)OC(CC)[Si](C)(C)F. The lowest BCUT2D eigenvalue weighted by molar-refractivity contribution is -0.140. The molecule has 4 heteroatoms. The highest BCUT2D eigenvalue weighted by Crippen LogP contribution is 2.16. The number of esters is 1. The number of hydrogen-bond acceptors (Lipinski definition) is 2. The van der Waals surface area contributed by atoms with Crippen LogP contribution in [0, 0.1) is 0 Å². The number of ether oxygens (including phenoxy) is 1. The summed E-state index contributed by atoms with van der Waals surface area (Å²) < 4.78 is 18.2. The van der Waals surface area contributed by atoms with E-state index in [1.165, 1.54) is 13.1 Å². The Morgan fingerprint density at radius 2 is 2.25 bits per heavy atom. The smallest absolute Gasteiger partial charge is 0.330 e. The van der Waals surface area contributed by atoms with Gasteiger partial charge in [-0.2, -0.15) is 0 Å². The summed E-state index contributed by atoms with van der Waals surface area (Å²) in [6.07, 6.45) is 1.58. The Morgan fingerprint density at radius 3 is 2.50 bits per heavy atom. The first-order chi connectivity index (χ1) is 5.41. The average Bonchev–Trinajstić information content (AvgIpc) is 1.97. The summed E-state index contributed by atoms with van der Waals surface area (Å²) in [4.78, 5) is 10.7. The molecule has 12 heavy (non-hydrogen) atoms. The minimum absolute atomic E-state index is 0.523. The minimum atomic E-state index is -2.86. The molecule has 0 radical (unpaired) electrons. The molecule has 0 aliphatic heterocycles. The van der Waals surface area contributed by atoms with Crippen molar-refractivity contribution >= 4 is 14.4 Å². The average molecular weight is 190 g/mol. The van der Waals surface area contributed by atoms with Crippen LogP contribution >= 0.6 is 0 Å². The largest absolute Gasteiger partial charge is 0.460 e. The molecule has 0 amide bonds. The van der Waals surface area contributed by atoms with Crippen molar-refractivity contribution in [2.45, 2.75) is 32.2 Å². The van der Waals surface area contributed by atoms with Gasteiger partial charge in [0.1, 0.15) is 5.73 Å². The zero-order valence-electron chi connectivity index (χ0n) is 7.76. The Hall–Kier alpha value is -0.643. The van der Waals surface area contributed by atoms with Crippen LogP contribution in [0.3, 0.4) is 0 Å². The van der Waals surface area contributed by atoms with Gasteiger partial charge in [-0.05, 0) is 19.5 Å². The molecule has 0 saturated carbocycles. The lowest BCUT2D eigenvalue weighted by Crippen LogP contribution is -2.39. The van der Waals surface area contributed by atoms with Gasteiger partial charge in [-0.25, -0.2) is 4.79 Å². The van der Waals surface area contributed by atoms with E-state index < -0.39 is 20.1 Å². The minimum Gasteiger partial charge on any atom is -0.460 e. The van der Waals surface area contributed by atoms with E-state index in [-0.39, 0.29) is 0 Å². The van der Waals surface area contributed by atoms with E-state index in [0.717, 1.165) is 6.08 Å². The molecule has 1 atom stereocenters. The molecular weight excluding hydrogens is 175 g/mol. The fourth-order valence-corrected chi connectivity index (χ4v) is 2.26. The van der Waals surface area contributed by atoms with Crippen LogP contribution in [0.25, 0.3) is 0 Å². The van der Waals surface area contributed by atoms with Gasteiger partial charge in [0.25, 0.3) is 8.41 Å². The fourth-order valence-electron chi connectivity index (χ4n) is 0.897. The molecule has 0 rings (SSSR count). The van der Waals surface area contributed by atoms with E-state index in [0.29, 0.717) is 6.42 Å². The van der Waals surface area contributed by atoms with Gasteiger partial charge in [0.05, 0.1) is 0 Å². The summed E-state index contributed by atoms with van der Waals surface area (Å²) in [6.45, 7) is 8.10. The predicted molar refractivity (Wildman–Crippen MR) is 49.0 cm³/mol. The summed E-state index contributed by atoms with van der Waals surface area (Å²) in [5.41, 5.74) is -0.553. The summed E-state index contributed by atoms with van der Waals surface area (Å²) in [6, 6.07) is 0. The van der Waals surface area contributed by atoms with Crippen LogP contribution in [0.5, 0.6) is 0 Å². The van der Waals surface area contributed by atoms with Gasteiger partial charge >= 0.3 is 5.97 Å². The van der Waals surface area contributed by atoms with Gasteiger partial charge in [0, 0.05) is 6.08 Å². The van der Waals surface area contributed by atoms with Gasteiger partial charge < -0.3 is 8.84 Å². The normalized spacial score (nSPS) is 13.7. The van der Waals surface area contributed by atoms with Gasteiger partial charge in [0.15, 0.2) is 0 Å². The van der Waals surface area contributed by atoms with Crippen molar-refractivity contribution in [3.8, 4) is 0 Å². The molecule has 70 valence electrons. The summed E-state index contributed by atoms with van der Waals surface area (Å²) in [5, 5.41) is 0. The zero-order valence-corrected chi connectivity index (χ0v) is 8.76. The maximum atomic E-state index is 13.4. The second-order valence-corrected chi connectivity index (χ2v) is 6.88. The Bertz CT molecular complexity index is 174. The first-order valence-electron chi connectivity index (χ1n) is 3.93. The molecule has 0 aliphatic carbocycles. The summed E-state index contributed by atoms with van der Waals surface area (Å²) in [5.74, 6) is -0.542. The first-order valence-corrected chi connectivity index (χ1v) is 6.89. The lowest BCUT2D eigenvalue weighted by Gasteiger charge is -2.22. The van der Waals surface area contributed by atoms with Crippen LogP contribution < -0.4 is 0 Å². The third kappa shape index (κ3) is 3.66. The highest BCUT2D eigenvalue weighted by molar-refractivity contribution is 6.71. The number of hydrogen-bond donors (Lipinski definition) is 0. The van der Waals surface area contributed by atoms with Crippen LogP contribution in [0.1, 0.15) is 13.3 Å². The van der Waals surface area contributed by atoms with E-state index in [2.05, 4.69) is 6.58 Å². The Kier molecular flexibility index (Phi) is 4.16. The maximum Gasteiger partial charge on any atom is 0.330 e. The monoisotopic (exact) mass is 190 g/mol. The number of carbonyl (C=O) groups excluding carboxylic acids is 1. The molecule has 1 unspecified atom stereocenters. The van der Waals surface area contributed by atoms with Crippen molar-refractivity contribution in [2.75, 3.05) is 0 Å². The molecule has 0 spiro atoms. The number of rotatable bonds is 4. The van der Waals surface area contributed by atoms with Crippen LogP contribution in [0.15, 0.2) is 12.7 Å². The van der Waals surface area contributed by atoms with E-state index in [9.17, 15) is 8.90 Å². The lowest BCUT2D eigenvalue weighted by atomic mass is 10.5. The molecule has 2 nitrogen and oxygen atoms in total. The van der Waals surface area contributed by atoms with E-state index in [4.69, 9.17) is 4.74 Å². The summed E-state index contributed by atoms with van der Waals surface area (Å²) in [7, 11) is -2.86. The van der Waals surface area contributed by atoms with E-state index >= 15 is 0 Å². The van der Waals surface area contributed by atoms with Gasteiger partial charge in [-0.15, -0.1) is 0 Å². The molecule has 0 heterocycles. The quantitative estimate of drug-likeness (QED) is 0.294. The molecule has 0 aromatic rings. The molecular formula is C8H15FO2Si. The van der Waals surface area contributed by atoms with Crippen LogP contribution in [-0.2, 0) is 9.53 Å². The molecule has 0 fully saturated rings. The van der Waals surface area contributed by atoms with E-state index in [1.807, 2.05) is 0 Å². The first kappa shape index (κ1) is 11.4. The third-order valence-electron chi connectivity index (χ3n) is 1.56. The van der Waals surface area contributed by atoms with Crippen molar-refractivity contribution in [3.05, 3.63) is 12.7 Å². The van der Waals surface area contributed by atoms with Crippen LogP contribution in [0.2, 0.25) is 13.1 Å². The fraction of sp³-hybridized carbons (Fsp3) is 0.625.